The Morgan fingerprint density at radius 3 is 2.88 bits per heavy atom. The van der Waals surface area contributed by atoms with E-state index < -0.39 is 0 Å². The molecular weight excluding hydrogens is 98.1 g/mol. The van der Waals surface area contributed by atoms with E-state index in [0.29, 0.717) is 5.92 Å². The first-order chi connectivity index (χ1) is 3.79. The molecule has 1 unspecified atom stereocenters. The van der Waals surface area contributed by atoms with E-state index in [-0.39, 0.29) is 0 Å². The minimum absolute atomic E-state index is 0.389. The van der Waals surface area contributed by atoms with Crippen LogP contribution in [0, 0.1) is 12.8 Å². The summed E-state index contributed by atoms with van der Waals surface area (Å²) >= 11 is 0. The average molecular weight is 108 g/mol. The van der Waals surface area contributed by atoms with Crippen LogP contribution in [0.1, 0.15) is 6.42 Å². The van der Waals surface area contributed by atoms with Gasteiger partial charge in [0.1, 0.15) is 0 Å². The zero-order valence-electron chi connectivity index (χ0n) is 4.80. The molecule has 8 heavy (non-hydrogen) atoms. The van der Waals surface area contributed by atoms with Gasteiger partial charge in [0.05, 0.1) is 0 Å². The highest BCUT2D eigenvalue weighted by Crippen LogP contribution is 2.11. The van der Waals surface area contributed by atoms with Gasteiger partial charge in [-0.3, -0.25) is 0 Å². The molecule has 0 radical (unpaired) electrons. The van der Waals surface area contributed by atoms with Crippen LogP contribution in [0.15, 0.2) is 23.9 Å². The number of rotatable bonds is 0. The zero-order valence-corrected chi connectivity index (χ0v) is 4.80. The zero-order chi connectivity index (χ0) is 5.98. The Bertz CT molecular complexity index is 133. The normalized spacial score (nSPS) is 27.6. The van der Waals surface area contributed by atoms with Gasteiger partial charge in [-0.1, -0.05) is 18.6 Å². The van der Waals surface area contributed by atoms with Crippen molar-refractivity contribution in [1.29, 1.82) is 0 Å². The van der Waals surface area contributed by atoms with Crippen molar-refractivity contribution in [3.05, 3.63) is 30.8 Å². The summed E-state index contributed by atoms with van der Waals surface area (Å²) in [4.78, 5) is 0. The molecule has 0 aromatic carbocycles. The summed E-state index contributed by atoms with van der Waals surface area (Å²) in [6.07, 6.45) is 6.97. The Balaban J connectivity index is 2.63. The van der Waals surface area contributed by atoms with E-state index in [9.17, 15) is 0 Å². The lowest BCUT2D eigenvalue weighted by atomic mass is 10.0. The fourth-order valence-corrected chi connectivity index (χ4v) is 0.775. The largest absolute Gasteiger partial charge is 0.399 e. The first-order valence-corrected chi connectivity index (χ1v) is 2.76. The molecule has 0 bridgehead atoms. The van der Waals surface area contributed by atoms with Gasteiger partial charge in [0.15, 0.2) is 0 Å². The summed E-state index contributed by atoms with van der Waals surface area (Å²) < 4.78 is 0. The molecule has 1 nitrogen and oxygen atoms in total. The van der Waals surface area contributed by atoms with E-state index in [4.69, 9.17) is 5.73 Å². The molecule has 0 fully saturated rings. The molecule has 2 N–H and O–H groups in total. The van der Waals surface area contributed by atoms with Crippen molar-refractivity contribution in [2.75, 3.05) is 0 Å². The Morgan fingerprint density at radius 1 is 1.75 bits per heavy atom. The molecular formula is C7H10N-. The minimum Gasteiger partial charge on any atom is -0.399 e. The molecule has 0 aromatic heterocycles. The fourth-order valence-electron chi connectivity index (χ4n) is 0.775. The number of hydrogen-bond donors (Lipinski definition) is 1. The first kappa shape index (κ1) is 5.42. The lowest BCUT2D eigenvalue weighted by Crippen LogP contribution is -2.01. The third-order valence-electron chi connectivity index (χ3n) is 1.18. The molecule has 1 rings (SSSR count). The SMILES string of the molecule is [CH2-]C1C=C(N)C=CC1. The van der Waals surface area contributed by atoms with Crippen molar-refractivity contribution >= 4 is 0 Å². The molecule has 1 aliphatic carbocycles. The lowest BCUT2D eigenvalue weighted by molar-refractivity contribution is 0.806. The van der Waals surface area contributed by atoms with Crippen LogP contribution in [0.25, 0.3) is 0 Å². The average Bonchev–Trinajstić information content (AvgIpc) is 1.64. The molecule has 0 aliphatic heterocycles. The van der Waals surface area contributed by atoms with Crippen LogP contribution in [0.5, 0.6) is 0 Å². The summed E-state index contributed by atoms with van der Waals surface area (Å²) in [5, 5.41) is 0. The van der Waals surface area contributed by atoms with Crippen LogP contribution in [0.2, 0.25) is 0 Å². The van der Waals surface area contributed by atoms with Crippen molar-refractivity contribution in [1.82, 2.24) is 0 Å². The van der Waals surface area contributed by atoms with Gasteiger partial charge in [0.2, 0.25) is 0 Å². The monoisotopic (exact) mass is 108 g/mol. The second-order valence-corrected chi connectivity index (χ2v) is 2.06. The number of allylic oxidation sites excluding steroid dienone is 3. The number of nitrogens with two attached hydrogens (primary N) is 1. The Labute approximate surface area is 49.9 Å². The second-order valence-electron chi connectivity index (χ2n) is 2.06. The van der Waals surface area contributed by atoms with Crippen LogP contribution >= 0.6 is 0 Å². The van der Waals surface area contributed by atoms with Crippen LogP contribution in [0.4, 0.5) is 0 Å². The predicted octanol–water partition coefficient (Wildman–Crippen LogP) is 1.24. The maximum absolute atomic E-state index is 5.46. The standard InChI is InChI=1S/C7H10N/c1-6-3-2-4-7(8)5-6/h2,4-6H,1,3,8H2/q-1. The molecule has 0 amide bonds. The third-order valence-corrected chi connectivity index (χ3v) is 1.18. The summed E-state index contributed by atoms with van der Waals surface area (Å²) in [5.41, 5.74) is 6.30. The highest BCUT2D eigenvalue weighted by atomic mass is 14.6. The fraction of sp³-hybridized carbons (Fsp3) is 0.286. The molecule has 44 valence electrons. The smallest absolute Gasteiger partial charge is 0.0246 e. The van der Waals surface area contributed by atoms with Gasteiger partial charge in [-0.2, -0.15) is 0 Å². The van der Waals surface area contributed by atoms with Gasteiger partial charge in [-0.25, -0.2) is 0 Å². The molecule has 1 heteroatoms. The van der Waals surface area contributed by atoms with E-state index in [0.717, 1.165) is 12.1 Å². The highest BCUT2D eigenvalue weighted by Gasteiger charge is 1.92. The maximum atomic E-state index is 5.46. The Hall–Kier alpha value is -0.720. The van der Waals surface area contributed by atoms with Crippen molar-refractivity contribution in [2.24, 2.45) is 11.7 Å². The van der Waals surface area contributed by atoms with Crippen LogP contribution in [-0.4, -0.2) is 0 Å². The van der Waals surface area contributed by atoms with Gasteiger partial charge >= 0.3 is 0 Å². The summed E-state index contributed by atoms with van der Waals surface area (Å²) in [5.74, 6) is 0.389. The van der Waals surface area contributed by atoms with Gasteiger partial charge in [-0.15, -0.1) is 5.92 Å². The van der Waals surface area contributed by atoms with Gasteiger partial charge in [0, 0.05) is 5.70 Å². The molecule has 1 aliphatic rings. The van der Waals surface area contributed by atoms with E-state index >= 15 is 0 Å². The summed E-state index contributed by atoms with van der Waals surface area (Å²) in [7, 11) is 0. The second kappa shape index (κ2) is 2.03. The lowest BCUT2D eigenvalue weighted by Gasteiger charge is -2.13. The van der Waals surface area contributed by atoms with E-state index in [2.05, 4.69) is 6.92 Å². The highest BCUT2D eigenvalue weighted by molar-refractivity contribution is 5.20. The Kier molecular flexibility index (Phi) is 1.38. The van der Waals surface area contributed by atoms with Crippen molar-refractivity contribution in [2.45, 2.75) is 6.42 Å². The van der Waals surface area contributed by atoms with Gasteiger partial charge in [0.25, 0.3) is 0 Å². The molecule has 1 atom stereocenters. The first-order valence-electron chi connectivity index (χ1n) is 2.76. The Morgan fingerprint density at radius 2 is 2.50 bits per heavy atom. The quantitative estimate of drug-likeness (QED) is 0.464. The molecule has 0 heterocycles. The minimum atomic E-state index is 0.389. The van der Waals surface area contributed by atoms with Crippen molar-refractivity contribution in [3.8, 4) is 0 Å². The van der Waals surface area contributed by atoms with Gasteiger partial charge < -0.3 is 12.7 Å². The van der Waals surface area contributed by atoms with Crippen LogP contribution in [0.3, 0.4) is 0 Å². The molecule has 0 aromatic rings. The molecule has 0 saturated heterocycles. The topological polar surface area (TPSA) is 26.0 Å². The van der Waals surface area contributed by atoms with Gasteiger partial charge in [-0.05, 0) is 6.08 Å². The molecule has 0 saturated carbocycles. The van der Waals surface area contributed by atoms with Crippen LogP contribution in [-0.2, 0) is 0 Å². The third kappa shape index (κ3) is 1.12. The predicted molar refractivity (Wildman–Crippen MR) is 34.9 cm³/mol. The summed E-state index contributed by atoms with van der Waals surface area (Å²) in [6, 6.07) is 0. The van der Waals surface area contributed by atoms with Crippen molar-refractivity contribution in [3.63, 3.8) is 0 Å². The van der Waals surface area contributed by atoms with E-state index in [1.807, 2.05) is 18.2 Å². The number of hydrogen-bond acceptors (Lipinski definition) is 1. The van der Waals surface area contributed by atoms with Crippen LogP contribution < -0.4 is 5.73 Å². The van der Waals surface area contributed by atoms with E-state index in [1.54, 1.807) is 0 Å². The molecule has 0 spiro atoms. The van der Waals surface area contributed by atoms with E-state index in [1.165, 1.54) is 0 Å². The van der Waals surface area contributed by atoms with Crippen molar-refractivity contribution < 1.29 is 0 Å². The maximum Gasteiger partial charge on any atom is 0.0246 e. The summed E-state index contributed by atoms with van der Waals surface area (Å²) in [6.45, 7) is 3.84.